The van der Waals surface area contributed by atoms with E-state index in [4.69, 9.17) is 0 Å². The van der Waals surface area contributed by atoms with Gasteiger partial charge in [0.1, 0.15) is 6.61 Å². The molecule has 1 unspecified atom stereocenters. The molecule has 0 radical (unpaired) electrons. The van der Waals surface area contributed by atoms with Crippen molar-refractivity contribution in [1.82, 2.24) is 10.2 Å². The summed E-state index contributed by atoms with van der Waals surface area (Å²) in [6, 6.07) is 0.440. The molecule has 1 fully saturated rings. The van der Waals surface area contributed by atoms with E-state index in [1.54, 1.807) is 0 Å². The molecule has 0 aromatic heterocycles. The number of halogens is 3. The third kappa shape index (κ3) is 7.74. The predicted octanol–water partition coefficient (Wildman–Crippen LogP) is 2.42. The summed E-state index contributed by atoms with van der Waals surface area (Å²) in [5.41, 5.74) is 0. The fourth-order valence-corrected chi connectivity index (χ4v) is 2.40. The lowest BCUT2D eigenvalue weighted by atomic mass is 10.0. The molecule has 0 aliphatic carbocycles. The van der Waals surface area contributed by atoms with Gasteiger partial charge in [-0.15, -0.1) is 0 Å². The van der Waals surface area contributed by atoms with Crippen LogP contribution in [0.25, 0.3) is 0 Å². The molecule has 1 N–H and O–H groups in total. The molecule has 0 spiro atoms. The second kappa shape index (κ2) is 8.76. The van der Waals surface area contributed by atoms with E-state index in [1.165, 1.54) is 6.42 Å². The first-order chi connectivity index (χ1) is 9.03. The standard InChI is InChI=1S/C13H25F3N2O/c1-2-6-17-10-12-5-3-4-7-18(12)8-9-19-11-13(14,15)16/h12,17H,2-11H2,1H3. The molecule has 1 aliphatic heterocycles. The summed E-state index contributed by atoms with van der Waals surface area (Å²) < 4.78 is 40.6. The van der Waals surface area contributed by atoms with Crippen molar-refractivity contribution in [3.05, 3.63) is 0 Å². The largest absolute Gasteiger partial charge is 0.411 e. The minimum atomic E-state index is -4.22. The highest BCUT2D eigenvalue weighted by Crippen LogP contribution is 2.17. The third-order valence-corrected chi connectivity index (χ3v) is 3.34. The second-order valence-electron chi connectivity index (χ2n) is 5.06. The van der Waals surface area contributed by atoms with Crippen LogP contribution in [0.15, 0.2) is 0 Å². The fraction of sp³-hybridized carbons (Fsp3) is 1.00. The smallest absolute Gasteiger partial charge is 0.371 e. The average Bonchev–Trinajstić information content (AvgIpc) is 2.35. The first-order valence-corrected chi connectivity index (χ1v) is 7.12. The number of likely N-dealkylation sites (tertiary alicyclic amines) is 1. The number of alkyl halides is 3. The van der Waals surface area contributed by atoms with Crippen LogP contribution in [0.5, 0.6) is 0 Å². The van der Waals surface area contributed by atoms with Crippen LogP contribution in [0.3, 0.4) is 0 Å². The SMILES string of the molecule is CCCNCC1CCCCN1CCOCC(F)(F)F. The van der Waals surface area contributed by atoms with E-state index in [9.17, 15) is 13.2 Å². The molecule has 6 heteroatoms. The predicted molar refractivity (Wildman–Crippen MR) is 69.2 cm³/mol. The van der Waals surface area contributed by atoms with Crippen molar-refractivity contribution in [2.75, 3.05) is 39.4 Å². The minimum absolute atomic E-state index is 0.157. The average molecular weight is 282 g/mol. The maximum Gasteiger partial charge on any atom is 0.411 e. The van der Waals surface area contributed by atoms with Gasteiger partial charge in [0.2, 0.25) is 0 Å². The number of hydrogen-bond donors (Lipinski definition) is 1. The second-order valence-corrected chi connectivity index (χ2v) is 5.06. The van der Waals surface area contributed by atoms with Crippen LogP contribution in [0.4, 0.5) is 13.2 Å². The van der Waals surface area contributed by atoms with Crippen LogP contribution in [0.1, 0.15) is 32.6 Å². The Labute approximate surface area is 113 Å². The van der Waals surface area contributed by atoms with Crippen molar-refractivity contribution < 1.29 is 17.9 Å². The molecule has 0 saturated carbocycles. The molecule has 1 saturated heterocycles. The van der Waals surface area contributed by atoms with Gasteiger partial charge in [-0.2, -0.15) is 13.2 Å². The molecule has 1 aliphatic rings. The number of hydrogen-bond acceptors (Lipinski definition) is 3. The lowest BCUT2D eigenvalue weighted by Gasteiger charge is -2.35. The Bertz CT molecular complexity index is 236. The summed E-state index contributed by atoms with van der Waals surface area (Å²) in [4.78, 5) is 2.25. The topological polar surface area (TPSA) is 24.5 Å². The molecular formula is C13H25F3N2O. The van der Waals surface area contributed by atoms with E-state index in [1.807, 2.05) is 0 Å². The summed E-state index contributed by atoms with van der Waals surface area (Å²) in [6.45, 7) is 4.62. The monoisotopic (exact) mass is 282 g/mol. The Kier molecular flexibility index (Phi) is 7.71. The minimum Gasteiger partial charge on any atom is -0.371 e. The van der Waals surface area contributed by atoms with Gasteiger partial charge in [0.15, 0.2) is 0 Å². The van der Waals surface area contributed by atoms with Crippen LogP contribution in [-0.2, 0) is 4.74 Å². The van der Waals surface area contributed by atoms with Crippen molar-refractivity contribution in [3.63, 3.8) is 0 Å². The van der Waals surface area contributed by atoms with Crippen LogP contribution in [-0.4, -0.2) is 56.5 Å². The van der Waals surface area contributed by atoms with Crippen LogP contribution < -0.4 is 5.32 Å². The third-order valence-electron chi connectivity index (χ3n) is 3.34. The summed E-state index contributed by atoms with van der Waals surface area (Å²) in [6.07, 6.45) is 0.337. The number of nitrogens with one attached hydrogen (secondary N) is 1. The van der Waals surface area contributed by atoms with Gasteiger partial charge >= 0.3 is 6.18 Å². The number of rotatable bonds is 8. The Balaban J connectivity index is 2.20. The number of ether oxygens (including phenoxy) is 1. The summed E-state index contributed by atoms with van der Waals surface area (Å²) in [5, 5.41) is 3.39. The van der Waals surface area contributed by atoms with E-state index in [2.05, 4.69) is 21.9 Å². The summed E-state index contributed by atoms with van der Waals surface area (Å²) >= 11 is 0. The molecule has 0 aromatic carbocycles. The van der Waals surface area contributed by atoms with Crippen molar-refractivity contribution in [1.29, 1.82) is 0 Å². The molecule has 114 valence electrons. The van der Waals surface area contributed by atoms with Gasteiger partial charge in [0.05, 0.1) is 6.61 Å². The van der Waals surface area contributed by atoms with Crippen LogP contribution in [0, 0.1) is 0 Å². The van der Waals surface area contributed by atoms with E-state index in [0.29, 0.717) is 12.6 Å². The highest BCUT2D eigenvalue weighted by atomic mass is 19.4. The molecule has 0 bridgehead atoms. The summed E-state index contributed by atoms with van der Waals surface area (Å²) in [7, 11) is 0. The first-order valence-electron chi connectivity index (χ1n) is 7.12. The van der Waals surface area contributed by atoms with Crippen molar-refractivity contribution >= 4 is 0 Å². The molecule has 0 amide bonds. The molecule has 1 heterocycles. The zero-order chi connectivity index (χ0) is 14.1. The van der Waals surface area contributed by atoms with E-state index < -0.39 is 12.8 Å². The lowest BCUT2D eigenvalue weighted by molar-refractivity contribution is -0.175. The molecule has 3 nitrogen and oxygen atoms in total. The van der Waals surface area contributed by atoms with Gasteiger partial charge in [-0.3, -0.25) is 4.90 Å². The Hall–Kier alpha value is -0.330. The van der Waals surface area contributed by atoms with Gasteiger partial charge in [-0.1, -0.05) is 13.3 Å². The molecule has 1 rings (SSSR count). The van der Waals surface area contributed by atoms with Crippen molar-refractivity contribution in [3.8, 4) is 0 Å². The quantitative estimate of drug-likeness (QED) is 0.692. The van der Waals surface area contributed by atoms with Gasteiger partial charge < -0.3 is 10.1 Å². The molecule has 0 aromatic rings. The zero-order valence-corrected chi connectivity index (χ0v) is 11.6. The van der Waals surface area contributed by atoms with Crippen molar-refractivity contribution in [2.24, 2.45) is 0 Å². The van der Waals surface area contributed by atoms with Gasteiger partial charge in [0.25, 0.3) is 0 Å². The highest BCUT2D eigenvalue weighted by molar-refractivity contribution is 4.78. The Morgan fingerprint density at radius 2 is 2.11 bits per heavy atom. The highest BCUT2D eigenvalue weighted by Gasteiger charge is 2.28. The van der Waals surface area contributed by atoms with E-state index in [0.717, 1.165) is 38.9 Å². The fourth-order valence-electron chi connectivity index (χ4n) is 2.40. The van der Waals surface area contributed by atoms with Gasteiger partial charge in [-0.25, -0.2) is 0 Å². The molecular weight excluding hydrogens is 257 g/mol. The Morgan fingerprint density at radius 3 is 2.79 bits per heavy atom. The maximum atomic E-state index is 12.0. The van der Waals surface area contributed by atoms with Crippen molar-refractivity contribution in [2.45, 2.75) is 44.8 Å². The number of nitrogens with zero attached hydrogens (tertiary/aromatic N) is 1. The number of piperidine rings is 1. The van der Waals surface area contributed by atoms with Gasteiger partial charge in [-0.05, 0) is 32.4 Å². The maximum absolute atomic E-state index is 12.0. The summed E-state index contributed by atoms with van der Waals surface area (Å²) in [5.74, 6) is 0. The lowest BCUT2D eigenvalue weighted by Crippen LogP contribution is -2.47. The van der Waals surface area contributed by atoms with Crippen LogP contribution >= 0.6 is 0 Å². The first kappa shape index (κ1) is 16.7. The Morgan fingerprint density at radius 1 is 1.32 bits per heavy atom. The van der Waals surface area contributed by atoms with E-state index in [-0.39, 0.29) is 6.61 Å². The zero-order valence-electron chi connectivity index (χ0n) is 11.6. The molecule has 1 atom stereocenters. The van der Waals surface area contributed by atoms with Crippen LogP contribution in [0.2, 0.25) is 0 Å². The van der Waals surface area contributed by atoms with Gasteiger partial charge in [0, 0.05) is 19.1 Å². The normalized spacial score (nSPS) is 21.8. The molecule has 19 heavy (non-hydrogen) atoms. The van der Waals surface area contributed by atoms with E-state index >= 15 is 0 Å².